The maximum atomic E-state index is 11.6. The van der Waals surface area contributed by atoms with E-state index in [9.17, 15) is 14.9 Å². The zero-order chi connectivity index (χ0) is 19.1. The summed E-state index contributed by atoms with van der Waals surface area (Å²) in [6, 6.07) is 11.3. The Kier molecular flexibility index (Phi) is 6.27. The van der Waals surface area contributed by atoms with Gasteiger partial charge in [-0.25, -0.2) is 4.79 Å². The molecule has 2 aromatic rings. The molecule has 0 aliphatic rings. The SMILES string of the molecule is C=C(C)C(=O)Oc1ccc(/C=C/c2ccc([N+](=O)[O-])cc2)c(OCC)c1. The molecule has 0 aromatic heterocycles. The number of benzene rings is 2. The lowest BCUT2D eigenvalue weighted by molar-refractivity contribution is -0.384. The lowest BCUT2D eigenvalue weighted by Gasteiger charge is -2.10. The van der Waals surface area contributed by atoms with Gasteiger partial charge < -0.3 is 9.47 Å². The third-order valence-electron chi connectivity index (χ3n) is 3.40. The molecule has 0 heterocycles. The van der Waals surface area contributed by atoms with Crippen molar-refractivity contribution in [2.75, 3.05) is 6.61 Å². The third-order valence-corrected chi connectivity index (χ3v) is 3.40. The Morgan fingerprint density at radius 1 is 1.19 bits per heavy atom. The van der Waals surface area contributed by atoms with Gasteiger partial charge in [0.25, 0.3) is 5.69 Å². The van der Waals surface area contributed by atoms with Crippen LogP contribution in [0.5, 0.6) is 11.5 Å². The maximum Gasteiger partial charge on any atom is 0.338 e. The van der Waals surface area contributed by atoms with Crippen LogP contribution in [0, 0.1) is 10.1 Å². The number of non-ortho nitro benzene ring substituents is 1. The average Bonchev–Trinajstić information content (AvgIpc) is 2.61. The van der Waals surface area contributed by atoms with Crippen LogP contribution in [0.1, 0.15) is 25.0 Å². The molecular formula is C20H19NO5. The summed E-state index contributed by atoms with van der Waals surface area (Å²) in [5, 5.41) is 10.7. The highest BCUT2D eigenvalue weighted by molar-refractivity contribution is 5.89. The summed E-state index contributed by atoms with van der Waals surface area (Å²) in [4.78, 5) is 21.9. The average molecular weight is 353 g/mol. The van der Waals surface area contributed by atoms with Crippen molar-refractivity contribution >= 4 is 23.8 Å². The van der Waals surface area contributed by atoms with Crippen molar-refractivity contribution in [1.29, 1.82) is 0 Å². The van der Waals surface area contributed by atoms with E-state index in [0.29, 0.717) is 23.7 Å². The van der Waals surface area contributed by atoms with E-state index in [0.717, 1.165) is 11.1 Å². The molecule has 2 aromatic carbocycles. The van der Waals surface area contributed by atoms with Crippen LogP contribution < -0.4 is 9.47 Å². The molecule has 0 bridgehead atoms. The van der Waals surface area contributed by atoms with Gasteiger partial charge in [-0.05, 0) is 43.7 Å². The van der Waals surface area contributed by atoms with Gasteiger partial charge in [-0.2, -0.15) is 0 Å². The first-order valence-corrected chi connectivity index (χ1v) is 7.97. The van der Waals surface area contributed by atoms with Gasteiger partial charge in [0.15, 0.2) is 0 Å². The Balaban J connectivity index is 2.23. The summed E-state index contributed by atoms with van der Waals surface area (Å²) < 4.78 is 10.8. The monoisotopic (exact) mass is 353 g/mol. The van der Waals surface area contributed by atoms with Crippen LogP contribution in [0.15, 0.2) is 54.6 Å². The Hall–Kier alpha value is -3.41. The van der Waals surface area contributed by atoms with Gasteiger partial charge >= 0.3 is 5.97 Å². The summed E-state index contributed by atoms with van der Waals surface area (Å²) in [6.07, 6.45) is 3.65. The van der Waals surface area contributed by atoms with E-state index >= 15 is 0 Å². The van der Waals surface area contributed by atoms with Crippen LogP contribution in [0.3, 0.4) is 0 Å². The van der Waals surface area contributed by atoms with Gasteiger partial charge in [-0.15, -0.1) is 0 Å². The van der Waals surface area contributed by atoms with Crippen LogP contribution in [0.2, 0.25) is 0 Å². The van der Waals surface area contributed by atoms with Gasteiger partial charge in [0.2, 0.25) is 0 Å². The summed E-state index contributed by atoms with van der Waals surface area (Å²) >= 11 is 0. The van der Waals surface area contributed by atoms with E-state index in [-0.39, 0.29) is 5.69 Å². The van der Waals surface area contributed by atoms with Crippen molar-refractivity contribution in [1.82, 2.24) is 0 Å². The zero-order valence-corrected chi connectivity index (χ0v) is 14.6. The second-order valence-corrected chi connectivity index (χ2v) is 5.48. The first kappa shape index (κ1) is 18.9. The Bertz CT molecular complexity index is 853. The number of carbonyl (C=O) groups excluding carboxylic acids is 1. The van der Waals surface area contributed by atoms with Gasteiger partial charge in [0.1, 0.15) is 11.5 Å². The molecule has 26 heavy (non-hydrogen) atoms. The molecule has 6 heteroatoms. The molecule has 0 amide bonds. The fourth-order valence-corrected chi connectivity index (χ4v) is 2.08. The molecule has 0 aliphatic heterocycles. The number of hydrogen-bond donors (Lipinski definition) is 0. The van der Waals surface area contributed by atoms with E-state index in [1.165, 1.54) is 12.1 Å². The normalized spacial score (nSPS) is 10.5. The minimum Gasteiger partial charge on any atom is -0.493 e. The second-order valence-electron chi connectivity index (χ2n) is 5.48. The van der Waals surface area contributed by atoms with Crippen LogP contribution in [0.25, 0.3) is 12.2 Å². The minimum absolute atomic E-state index is 0.0424. The number of hydrogen-bond acceptors (Lipinski definition) is 5. The summed E-state index contributed by atoms with van der Waals surface area (Å²) in [7, 11) is 0. The van der Waals surface area contributed by atoms with Gasteiger partial charge in [0.05, 0.1) is 11.5 Å². The quantitative estimate of drug-likeness (QED) is 0.181. The molecule has 0 radical (unpaired) electrons. The Morgan fingerprint density at radius 2 is 1.88 bits per heavy atom. The van der Waals surface area contributed by atoms with E-state index in [2.05, 4.69) is 6.58 Å². The van der Waals surface area contributed by atoms with Crippen molar-refractivity contribution in [2.45, 2.75) is 13.8 Å². The standard InChI is InChI=1S/C20H19NO5/c1-4-25-19-13-18(26-20(22)14(2)3)12-9-16(19)8-5-15-6-10-17(11-7-15)21(23)24/h5-13H,2,4H2,1,3H3/b8-5+. The van der Waals surface area contributed by atoms with Gasteiger partial charge in [-0.3, -0.25) is 10.1 Å². The minimum atomic E-state index is -0.498. The Morgan fingerprint density at radius 3 is 2.46 bits per heavy atom. The van der Waals surface area contributed by atoms with E-state index in [1.54, 1.807) is 37.3 Å². The van der Waals surface area contributed by atoms with Crippen molar-refractivity contribution in [3.05, 3.63) is 75.9 Å². The van der Waals surface area contributed by atoms with Crippen molar-refractivity contribution < 1.29 is 19.2 Å². The van der Waals surface area contributed by atoms with Crippen LogP contribution in [0.4, 0.5) is 5.69 Å². The molecule has 0 N–H and O–H groups in total. The zero-order valence-electron chi connectivity index (χ0n) is 14.6. The van der Waals surface area contributed by atoms with Crippen molar-refractivity contribution in [2.24, 2.45) is 0 Å². The first-order chi connectivity index (χ1) is 12.4. The summed E-state index contributed by atoms with van der Waals surface area (Å²) in [5.41, 5.74) is 1.96. The molecule has 2 rings (SSSR count). The van der Waals surface area contributed by atoms with Crippen molar-refractivity contribution in [3.8, 4) is 11.5 Å². The number of ether oxygens (including phenoxy) is 2. The van der Waals surface area contributed by atoms with Crippen molar-refractivity contribution in [3.63, 3.8) is 0 Å². The molecule has 0 spiro atoms. The molecule has 0 fully saturated rings. The maximum absolute atomic E-state index is 11.6. The molecule has 134 valence electrons. The van der Waals surface area contributed by atoms with Crippen LogP contribution in [-0.4, -0.2) is 17.5 Å². The van der Waals surface area contributed by atoms with Crippen LogP contribution in [-0.2, 0) is 4.79 Å². The highest BCUT2D eigenvalue weighted by atomic mass is 16.6. The number of nitrogens with zero attached hydrogens (tertiary/aromatic N) is 1. The number of rotatable bonds is 7. The predicted molar refractivity (Wildman–Crippen MR) is 100 cm³/mol. The molecule has 0 saturated carbocycles. The molecule has 0 unspecified atom stereocenters. The first-order valence-electron chi connectivity index (χ1n) is 7.97. The number of carbonyl (C=O) groups is 1. The topological polar surface area (TPSA) is 78.7 Å². The summed E-state index contributed by atoms with van der Waals surface area (Å²) in [6.45, 7) is 7.44. The molecule has 0 atom stereocenters. The summed E-state index contributed by atoms with van der Waals surface area (Å²) in [5.74, 6) is 0.438. The van der Waals surface area contributed by atoms with Gasteiger partial charge in [0, 0.05) is 29.3 Å². The highest BCUT2D eigenvalue weighted by Crippen LogP contribution is 2.27. The third kappa shape index (κ3) is 5.04. The lowest BCUT2D eigenvalue weighted by Crippen LogP contribution is -2.08. The van der Waals surface area contributed by atoms with E-state index in [1.807, 2.05) is 19.1 Å². The van der Waals surface area contributed by atoms with E-state index in [4.69, 9.17) is 9.47 Å². The van der Waals surface area contributed by atoms with E-state index < -0.39 is 10.9 Å². The smallest absolute Gasteiger partial charge is 0.338 e. The largest absolute Gasteiger partial charge is 0.493 e. The molecular weight excluding hydrogens is 334 g/mol. The predicted octanol–water partition coefficient (Wildman–Crippen LogP) is 4.65. The van der Waals surface area contributed by atoms with Gasteiger partial charge in [-0.1, -0.05) is 18.7 Å². The number of esters is 1. The second kappa shape index (κ2) is 8.62. The molecule has 6 nitrogen and oxygen atoms in total. The van der Waals surface area contributed by atoms with Crippen LogP contribution >= 0.6 is 0 Å². The number of nitro groups is 1. The fraction of sp³-hybridized carbons (Fsp3) is 0.150. The fourth-order valence-electron chi connectivity index (χ4n) is 2.08. The molecule has 0 aliphatic carbocycles. The highest BCUT2D eigenvalue weighted by Gasteiger charge is 2.09. The molecule has 0 saturated heterocycles. The lowest BCUT2D eigenvalue weighted by atomic mass is 10.1. The number of nitro benzene ring substituents is 1. The Labute approximate surface area is 151 Å².